The van der Waals surface area contributed by atoms with Crippen molar-refractivity contribution in [2.24, 2.45) is 5.92 Å². The van der Waals surface area contributed by atoms with E-state index in [2.05, 4.69) is 10.3 Å². The van der Waals surface area contributed by atoms with Gasteiger partial charge >= 0.3 is 0 Å². The summed E-state index contributed by atoms with van der Waals surface area (Å²) >= 11 is 1.35. The number of rotatable bonds is 5. The first-order chi connectivity index (χ1) is 14.3. The van der Waals surface area contributed by atoms with Gasteiger partial charge in [0.1, 0.15) is 12.4 Å². The van der Waals surface area contributed by atoms with Crippen LogP contribution in [-0.4, -0.2) is 39.2 Å². The molecule has 9 heteroatoms. The second-order valence-electron chi connectivity index (χ2n) is 7.12. The molecule has 1 aromatic heterocycles. The number of nitrogens with zero attached hydrogens (tertiary/aromatic N) is 2. The van der Waals surface area contributed by atoms with Gasteiger partial charge in [-0.15, -0.1) is 11.3 Å². The summed E-state index contributed by atoms with van der Waals surface area (Å²) in [4.78, 5) is 17.1. The Labute approximate surface area is 179 Å². The van der Waals surface area contributed by atoms with Crippen molar-refractivity contribution in [2.45, 2.75) is 6.42 Å². The molecular formula is C21H21N3O4S2. The normalized spacial score (nSPS) is 15.7. The standard InChI is InChI=1S/C21H21N3O4S2/c1-24(30(2,26)27)17-9-7-14(8-10-17)18-13-29-21(22-18)23-20(25)16-11-15-5-3-4-6-19(15)28-12-16/h3-10,13,16H,11-12H2,1-2H3,(H,22,23,25)/t16-/m1/s1. The van der Waals surface area contributed by atoms with E-state index in [1.807, 2.05) is 41.8 Å². The van der Waals surface area contributed by atoms with E-state index < -0.39 is 10.0 Å². The van der Waals surface area contributed by atoms with Gasteiger partial charge in [0.15, 0.2) is 5.13 Å². The zero-order chi connectivity index (χ0) is 21.3. The molecule has 156 valence electrons. The minimum atomic E-state index is -3.31. The van der Waals surface area contributed by atoms with E-state index in [0.29, 0.717) is 29.5 Å². The van der Waals surface area contributed by atoms with E-state index >= 15 is 0 Å². The summed E-state index contributed by atoms with van der Waals surface area (Å²) < 4.78 is 30.2. The first kappa shape index (κ1) is 20.4. The Morgan fingerprint density at radius 3 is 2.67 bits per heavy atom. The minimum Gasteiger partial charge on any atom is -0.492 e. The molecule has 0 fully saturated rings. The summed E-state index contributed by atoms with van der Waals surface area (Å²) in [6.45, 7) is 0.344. The maximum atomic E-state index is 12.6. The summed E-state index contributed by atoms with van der Waals surface area (Å²) in [5.74, 6) is 0.455. The largest absolute Gasteiger partial charge is 0.492 e. The molecule has 0 saturated heterocycles. The summed E-state index contributed by atoms with van der Waals surface area (Å²) in [6, 6.07) is 14.8. The molecule has 0 saturated carbocycles. The van der Waals surface area contributed by atoms with Gasteiger partial charge in [-0.25, -0.2) is 13.4 Å². The lowest BCUT2D eigenvalue weighted by Gasteiger charge is -2.24. The third-order valence-corrected chi connectivity index (χ3v) is 6.97. The quantitative estimate of drug-likeness (QED) is 0.653. The highest BCUT2D eigenvalue weighted by Gasteiger charge is 2.26. The van der Waals surface area contributed by atoms with E-state index in [1.54, 1.807) is 12.1 Å². The molecule has 0 radical (unpaired) electrons. The number of hydrogen-bond donors (Lipinski definition) is 1. The van der Waals surface area contributed by atoms with Crippen LogP contribution in [0.1, 0.15) is 5.56 Å². The SMILES string of the molecule is CN(c1ccc(-c2csc(NC(=O)[C@H]3COc4ccccc4C3)n2)cc1)S(C)(=O)=O. The number of carbonyl (C=O) groups excluding carboxylic acids is 1. The van der Waals surface area contributed by atoms with Gasteiger partial charge in [-0.3, -0.25) is 9.10 Å². The molecule has 7 nitrogen and oxygen atoms in total. The molecule has 1 amide bonds. The van der Waals surface area contributed by atoms with Crippen LogP contribution >= 0.6 is 11.3 Å². The van der Waals surface area contributed by atoms with Crippen molar-refractivity contribution in [3.05, 3.63) is 59.5 Å². The van der Waals surface area contributed by atoms with Crippen LogP contribution in [0.5, 0.6) is 5.75 Å². The molecule has 0 bridgehead atoms. The van der Waals surface area contributed by atoms with Crippen LogP contribution in [0, 0.1) is 5.92 Å². The summed E-state index contributed by atoms with van der Waals surface area (Å²) in [5.41, 5.74) is 3.16. The first-order valence-electron chi connectivity index (χ1n) is 9.33. The third kappa shape index (κ3) is 4.31. The van der Waals surface area contributed by atoms with Crippen LogP contribution in [-0.2, 0) is 21.2 Å². The second kappa shape index (κ2) is 8.08. The van der Waals surface area contributed by atoms with Crippen molar-refractivity contribution >= 4 is 38.1 Å². The van der Waals surface area contributed by atoms with Crippen molar-refractivity contribution in [3.8, 4) is 17.0 Å². The van der Waals surface area contributed by atoms with Crippen molar-refractivity contribution in [2.75, 3.05) is 29.5 Å². The number of carbonyl (C=O) groups is 1. The zero-order valence-electron chi connectivity index (χ0n) is 16.5. The Morgan fingerprint density at radius 1 is 1.20 bits per heavy atom. The fourth-order valence-electron chi connectivity index (χ4n) is 3.20. The first-order valence-corrected chi connectivity index (χ1v) is 12.1. The van der Waals surface area contributed by atoms with E-state index in [1.165, 1.54) is 22.7 Å². The van der Waals surface area contributed by atoms with E-state index in [0.717, 1.165) is 23.1 Å². The van der Waals surface area contributed by atoms with Crippen LogP contribution < -0.4 is 14.4 Å². The van der Waals surface area contributed by atoms with Gasteiger partial charge in [-0.1, -0.05) is 30.3 Å². The van der Waals surface area contributed by atoms with Gasteiger partial charge in [0.05, 0.1) is 23.6 Å². The summed E-state index contributed by atoms with van der Waals surface area (Å²) in [6.07, 6.45) is 1.79. The molecule has 3 aromatic rings. The maximum absolute atomic E-state index is 12.6. The molecule has 1 aliphatic heterocycles. The number of amides is 1. The van der Waals surface area contributed by atoms with E-state index in [9.17, 15) is 13.2 Å². The molecule has 4 rings (SSSR count). The topological polar surface area (TPSA) is 88.6 Å². The highest BCUT2D eigenvalue weighted by atomic mass is 32.2. The molecule has 0 aliphatic carbocycles. The zero-order valence-corrected chi connectivity index (χ0v) is 18.2. The number of nitrogens with one attached hydrogen (secondary N) is 1. The highest BCUT2D eigenvalue weighted by molar-refractivity contribution is 7.92. The number of para-hydroxylation sites is 1. The van der Waals surface area contributed by atoms with Crippen LogP contribution in [0.4, 0.5) is 10.8 Å². The summed E-state index contributed by atoms with van der Waals surface area (Å²) in [7, 11) is -1.80. The lowest BCUT2D eigenvalue weighted by Crippen LogP contribution is -2.32. The fourth-order valence-corrected chi connectivity index (χ4v) is 4.43. The van der Waals surface area contributed by atoms with Crippen molar-refractivity contribution < 1.29 is 17.9 Å². The van der Waals surface area contributed by atoms with E-state index in [4.69, 9.17) is 4.74 Å². The van der Waals surface area contributed by atoms with Gasteiger partial charge in [-0.05, 0) is 30.2 Å². The molecular weight excluding hydrogens is 422 g/mol. The fraction of sp³-hybridized carbons (Fsp3) is 0.238. The van der Waals surface area contributed by atoms with Crippen LogP contribution in [0.2, 0.25) is 0 Å². The van der Waals surface area contributed by atoms with Crippen molar-refractivity contribution in [3.63, 3.8) is 0 Å². The number of hydrogen-bond acceptors (Lipinski definition) is 6. The molecule has 2 aromatic carbocycles. The van der Waals surface area contributed by atoms with Crippen LogP contribution in [0.15, 0.2) is 53.9 Å². The second-order valence-corrected chi connectivity index (χ2v) is 10.00. The molecule has 0 unspecified atom stereocenters. The Bertz CT molecular complexity index is 1170. The molecule has 30 heavy (non-hydrogen) atoms. The predicted octanol–water partition coefficient (Wildman–Crippen LogP) is 3.40. The molecule has 0 spiro atoms. The Balaban J connectivity index is 1.43. The van der Waals surface area contributed by atoms with Crippen LogP contribution in [0.3, 0.4) is 0 Å². The number of anilines is 2. The van der Waals surface area contributed by atoms with Crippen molar-refractivity contribution in [1.82, 2.24) is 4.98 Å². The summed E-state index contributed by atoms with van der Waals surface area (Å²) in [5, 5.41) is 5.26. The Hall–Kier alpha value is -2.91. The molecule has 2 heterocycles. The Morgan fingerprint density at radius 2 is 1.93 bits per heavy atom. The molecule has 1 atom stereocenters. The minimum absolute atomic E-state index is 0.115. The average molecular weight is 444 g/mol. The lowest BCUT2D eigenvalue weighted by atomic mass is 9.96. The highest BCUT2D eigenvalue weighted by Crippen LogP contribution is 2.30. The van der Waals surface area contributed by atoms with Gasteiger partial charge in [0.25, 0.3) is 0 Å². The van der Waals surface area contributed by atoms with Gasteiger partial charge in [0, 0.05) is 18.0 Å². The Kier molecular flexibility index (Phi) is 5.48. The number of sulfonamides is 1. The van der Waals surface area contributed by atoms with Gasteiger partial charge < -0.3 is 10.1 Å². The van der Waals surface area contributed by atoms with Gasteiger partial charge in [0.2, 0.25) is 15.9 Å². The molecule has 1 aliphatic rings. The number of aromatic nitrogens is 1. The number of benzene rings is 2. The van der Waals surface area contributed by atoms with Crippen molar-refractivity contribution in [1.29, 1.82) is 0 Å². The number of fused-ring (bicyclic) bond motifs is 1. The average Bonchev–Trinajstić information content (AvgIpc) is 3.20. The van der Waals surface area contributed by atoms with E-state index in [-0.39, 0.29) is 11.8 Å². The number of thiazole rings is 1. The monoisotopic (exact) mass is 443 g/mol. The maximum Gasteiger partial charge on any atom is 0.233 e. The predicted molar refractivity (Wildman–Crippen MR) is 119 cm³/mol. The molecule has 1 N–H and O–H groups in total. The lowest BCUT2D eigenvalue weighted by molar-refractivity contribution is -0.121. The number of ether oxygens (including phenoxy) is 1. The third-order valence-electron chi connectivity index (χ3n) is 5.01. The smallest absolute Gasteiger partial charge is 0.233 e. The van der Waals surface area contributed by atoms with Gasteiger partial charge in [-0.2, -0.15) is 0 Å². The van der Waals surface area contributed by atoms with Crippen LogP contribution in [0.25, 0.3) is 11.3 Å².